The van der Waals surface area contributed by atoms with Crippen LogP contribution in [0.1, 0.15) is 57.6 Å². The molecule has 1 saturated carbocycles. The third-order valence-electron chi connectivity index (χ3n) is 6.07. The number of fused-ring (bicyclic) bond motifs is 1. The molecular formula is C19H35IN6. The zero-order chi connectivity index (χ0) is 17.8. The number of guanidine groups is 1. The lowest BCUT2D eigenvalue weighted by molar-refractivity contribution is 0.249. The molecule has 1 aromatic rings. The Morgan fingerprint density at radius 2 is 1.92 bits per heavy atom. The van der Waals surface area contributed by atoms with Gasteiger partial charge in [-0.3, -0.25) is 4.99 Å². The van der Waals surface area contributed by atoms with Crippen molar-refractivity contribution in [1.29, 1.82) is 0 Å². The Labute approximate surface area is 175 Å². The van der Waals surface area contributed by atoms with Crippen LogP contribution < -0.4 is 10.6 Å². The Hall–Kier alpha value is -0.860. The van der Waals surface area contributed by atoms with Gasteiger partial charge in [-0.15, -0.1) is 34.2 Å². The van der Waals surface area contributed by atoms with Crippen LogP contribution >= 0.6 is 24.0 Å². The fourth-order valence-electron chi connectivity index (χ4n) is 4.26. The molecule has 1 fully saturated rings. The van der Waals surface area contributed by atoms with Crippen molar-refractivity contribution >= 4 is 29.9 Å². The van der Waals surface area contributed by atoms with Gasteiger partial charge in [-0.05, 0) is 56.8 Å². The van der Waals surface area contributed by atoms with Gasteiger partial charge in [0.2, 0.25) is 0 Å². The second-order valence-electron chi connectivity index (χ2n) is 8.13. The molecule has 2 aliphatic rings. The van der Waals surface area contributed by atoms with Crippen molar-refractivity contribution in [3.63, 3.8) is 0 Å². The van der Waals surface area contributed by atoms with Crippen molar-refractivity contribution in [1.82, 2.24) is 25.4 Å². The van der Waals surface area contributed by atoms with Gasteiger partial charge < -0.3 is 15.2 Å². The maximum Gasteiger partial charge on any atom is 0.191 e. The first-order valence-electron chi connectivity index (χ1n) is 9.92. The maximum atomic E-state index is 4.44. The molecule has 148 valence electrons. The van der Waals surface area contributed by atoms with E-state index < -0.39 is 0 Å². The fraction of sp³-hybridized carbons (Fsp3) is 0.842. The van der Waals surface area contributed by atoms with E-state index >= 15 is 0 Å². The summed E-state index contributed by atoms with van der Waals surface area (Å²) < 4.78 is 2.26. The largest absolute Gasteiger partial charge is 0.356 e. The zero-order valence-electron chi connectivity index (χ0n) is 16.7. The van der Waals surface area contributed by atoms with E-state index in [1.807, 2.05) is 14.0 Å². The molecule has 3 rings (SSSR count). The number of hydrogen-bond acceptors (Lipinski definition) is 3. The van der Waals surface area contributed by atoms with Gasteiger partial charge in [0.25, 0.3) is 0 Å². The smallest absolute Gasteiger partial charge is 0.191 e. The van der Waals surface area contributed by atoms with Crippen molar-refractivity contribution in [3.8, 4) is 0 Å². The van der Waals surface area contributed by atoms with Gasteiger partial charge in [0.1, 0.15) is 11.6 Å². The predicted molar refractivity (Wildman–Crippen MR) is 117 cm³/mol. The molecule has 0 spiro atoms. The Morgan fingerprint density at radius 1 is 1.19 bits per heavy atom. The molecule has 7 heteroatoms. The molecule has 0 saturated heterocycles. The molecule has 0 amide bonds. The van der Waals surface area contributed by atoms with Crippen LogP contribution in [0.5, 0.6) is 0 Å². The minimum absolute atomic E-state index is 0. The third kappa shape index (κ3) is 5.33. The average Bonchev–Trinajstić information content (AvgIpc) is 2.99. The number of nitrogens with zero attached hydrogens (tertiary/aromatic N) is 4. The van der Waals surface area contributed by atoms with Crippen LogP contribution in [-0.2, 0) is 13.0 Å². The highest BCUT2D eigenvalue weighted by Crippen LogP contribution is 2.29. The van der Waals surface area contributed by atoms with E-state index in [2.05, 4.69) is 44.2 Å². The van der Waals surface area contributed by atoms with Crippen molar-refractivity contribution < 1.29 is 0 Å². The van der Waals surface area contributed by atoms with Crippen molar-refractivity contribution in [2.24, 2.45) is 22.7 Å². The Balaban J connectivity index is 0.00000243. The molecule has 2 heterocycles. The summed E-state index contributed by atoms with van der Waals surface area (Å²) in [5, 5.41) is 15.6. The van der Waals surface area contributed by atoms with Gasteiger partial charge >= 0.3 is 0 Å². The van der Waals surface area contributed by atoms with Crippen LogP contribution in [0.25, 0.3) is 0 Å². The van der Waals surface area contributed by atoms with E-state index in [9.17, 15) is 0 Å². The van der Waals surface area contributed by atoms with E-state index in [4.69, 9.17) is 0 Å². The summed E-state index contributed by atoms with van der Waals surface area (Å²) in [5.41, 5.74) is 0. The molecule has 6 nitrogen and oxygen atoms in total. The lowest BCUT2D eigenvalue weighted by atomic mass is 9.80. The Bertz CT molecular complexity index is 589. The van der Waals surface area contributed by atoms with Crippen LogP contribution in [-0.4, -0.2) is 40.4 Å². The second-order valence-corrected chi connectivity index (χ2v) is 8.13. The monoisotopic (exact) mass is 474 g/mol. The van der Waals surface area contributed by atoms with Gasteiger partial charge in [0.05, 0.1) is 0 Å². The second kappa shape index (κ2) is 9.90. The van der Waals surface area contributed by atoms with Gasteiger partial charge in [-0.25, -0.2) is 0 Å². The molecular weight excluding hydrogens is 439 g/mol. The summed E-state index contributed by atoms with van der Waals surface area (Å²) in [6, 6.07) is 0.569. The topological polar surface area (TPSA) is 67.1 Å². The molecule has 0 bridgehead atoms. The van der Waals surface area contributed by atoms with Crippen LogP contribution in [0, 0.1) is 24.7 Å². The van der Waals surface area contributed by atoms with Gasteiger partial charge in [-0.1, -0.05) is 13.8 Å². The van der Waals surface area contributed by atoms with E-state index in [1.54, 1.807) is 0 Å². The number of hydrogen-bond donors (Lipinski definition) is 2. The van der Waals surface area contributed by atoms with E-state index in [0.29, 0.717) is 12.0 Å². The maximum absolute atomic E-state index is 4.44. The number of nitrogens with one attached hydrogen (secondary N) is 2. The van der Waals surface area contributed by atoms with Gasteiger partial charge in [0, 0.05) is 32.6 Å². The summed E-state index contributed by atoms with van der Waals surface area (Å²) >= 11 is 0. The number of aryl methyl sites for hydroxylation is 2. The molecule has 1 aliphatic heterocycles. The first kappa shape index (κ1) is 21.4. The highest BCUT2D eigenvalue weighted by atomic mass is 127. The summed E-state index contributed by atoms with van der Waals surface area (Å²) in [6.07, 6.45) is 7.39. The minimum atomic E-state index is 0. The first-order valence-corrected chi connectivity index (χ1v) is 9.92. The molecule has 1 atom stereocenters. The van der Waals surface area contributed by atoms with E-state index in [-0.39, 0.29) is 24.0 Å². The number of aromatic nitrogens is 3. The molecule has 1 aliphatic carbocycles. The standard InChI is InChI=1S/C19H34N6.HI/c1-13(2)16-6-8-17(9-7-16)22-19(20-4)21-11-15-5-10-18-24-23-14(3)25(18)12-15;/h13,15-17H,5-12H2,1-4H3,(H2,20,21,22);1H. The fourth-order valence-corrected chi connectivity index (χ4v) is 4.26. The highest BCUT2D eigenvalue weighted by Gasteiger charge is 2.25. The Morgan fingerprint density at radius 3 is 2.58 bits per heavy atom. The van der Waals surface area contributed by atoms with Crippen molar-refractivity contribution in [2.75, 3.05) is 13.6 Å². The van der Waals surface area contributed by atoms with Gasteiger partial charge in [-0.2, -0.15) is 0 Å². The molecule has 1 unspecified atom stereocenters. The predicted octanol–water partition coefficient (Wildman–Crippen LogP) is 3.15. The number of aliphatic imine (C=N–C) groups is 1. The molecule has 0 radical (unpaired) electrons. The quantitative estimate of drug-likeness (QED) is 0.400. The van der Waals surface area contributed by atoms with Crippen molar-refractivity contribution in [3.05, 3.63) is 11.6 Å². The summed E-state index contributed by atoms with van der Waals surface area (Å²) in [7, 11) is 1.87. The van der Waals surface area contributed by atoms with Crippen molar-refractivity contribution in [2.45, 2.75) is 71.9 Å². The molecule has 26 heavy (non-hydrogen) atoms. The zero-order valence-corrected chi connectivity index (χ0v) is 19.0. The number of halogens is 1. The number of rotatable bonds is 4. The highest BCUT2D eigenvalue weighted by molar-refractivity contribution is 14.0. The minimum Gasteiger partial charge on any atom is -0.356 e. The lowest BCUT2D eigenvalue weighted by Crippen LogP contribution is -2.47. The molecule has 0 aromatic carbocycles. The molecule has 2 N–H and O–H groups in total. The van der Waals surface area contributed by atoms with E-state index in [0.717, 1.165) is 49.0 Å². The normalized spacial score (nSPS) is 26.2. The van der Waals surface area contributed by atoms with Crippen LogP contribution in [0.4, 0.5) is 0 Å². The van der Waals surface area contributed by atoms with E-state index in [1.165, 1.54) is 32.1 Å². The Kier molecular flexibility index (Phi) is 8.16. The van der Waals surface area contributed by atoms with Crippen LogP contribution in [0.15, 0.2) is 4.99 Å². The van der Waals surface area contributed by atoms with Crippen LogP contribution in [0.2, 0.25) is 0 Å². The summed E-state index contributed by atoms with van der Waals surface area (Å²) in [4.78, 5) is 4.44. The summed E-state index contributed by atoms with van der Waals surface area (Å²) in [6.45, 7) is 8.72. The lowest BCUT2D eigenvalue weighted by Gasteiger charge is -2.32. The molecule has 1 aromatic heterocycles. The average molecular weight is 474 g/mol. The third-order valence-corrected chi connectivity index (χ3v) is 6.07. The summed E-state index contributed by atoms with van der Waals surface area (Å²) in [5.74, 6) is 5.45. The van der Waals surface area contributed by atoms with Crippen LogP contribution in [0.3, 0.4) is 0 Å². The van der Waals surface area contributed by atoms with Gasteiger partial charge in [0.15, 0.2) is 5.96 Å². The SMILES string of the molecule is CN=C(NCC1CCc2nnc(C)n2C1)NC1CCC(C(C)C)CC1.I. The first-order chi connectivity index (χ1) is 12.1.